The van der Waals surface area contributed by atoms with Gasteiger partial charge in [-0.25, -0.2) is 4.79 Å². The Morgan fingerprint density at radius 1 is 0.852 bits per heavy atom. The Kier molecular flexibility index (Phi) is 4.30. The molecule has 3 aromatic carbocycles. The summed E-state index contributed by atoms with van der Waals surface area (Å²) >= 11 is 0. The lowest BCUT2D eigenvalue weighted by molar-refractivity contribution is 0.102. The molecule has 0 unspecified atom stereocenters. The van der Waals surface area contributed by atoms with Crippen molar-refractivity contribution in [2.45, 2.75) is 6.92 Å². The van der Waals surface area contributed by atoms with Gasteiger partial charge in [-0.2, -0.15) is 0 Å². The summed E-state index contributed by atoms with van der Waals surface area (Å²) in [6, 6.07) is 24.2. The molecular weight excluding hydrogens is 338 g/mol. The molecule has 0 bridgehead atoms. The number of hydrogen-bond donors (Lipinski definition) is 1. The molecule has 0 aliphatic carbocycles. The summed E-state index contributed by atoms with van der Waals surface area (Å²) in [5, 5.41) is 3.69. The summed E-state index contributed by atoms with van der Waals surface area (Å²) in [4.78, 5) is 24.1. The van der Waals surface area contributed by atoms with Crippen LogP contribution in [0, 0.1) is 6.92 Å². The van der Waals surface area contributed by atoms with E-state index in [2.05, 4.69) is 5.32 Å². The Balaban J connectivity index is 1.57. The van der Waals surface area contributed by atoms with E-state index in [1.165, 1.54) is 6.07 Å². The van der Waals surface area contributed by atoms with Crippen LogP contribution in [0.15, 0.2) is 88.1 Å². The van der Waals surface area contributed by atoms with Crippen LogP contribution in [0.5, 0.6) is 0 Å². The van der Waals surface area contributed by atoms with Crippen molar-refractivity contribution < 1.29 is 9.21 Å². The van der Waals surface area contributed by atoms with Gasteiger partial charge in [0.1, 0.15) is 5.58 Å². The number of carbonyl (C=O) groups excluding carboxylic acids is 1. The van der Waals surface area contributed by atoms with E-state index in [0.29, 0.717) is 16.8 Å². The molecule has 0 spiro atoms. The molecule has 0 fully saturated rings. The number of hydrogen-bond acceptors (Lipinski definition) is 3. The van der Waals surface area contributed by atoms with Gasteiger partial charge in [0.2, 0.25) is 0 Å². The highest BCUT2D eigenvalue weighted by Gasteiger charge is 2.09. The van der Waals surface area contributed by atoms with E-state index in [1.54, 1.807) is 24.3 Å². The largest absolute Gasteiger partial charge is 0.423 e. The molecule has 4 aromatic rings. The predicted molar refractivity (Wildman–Crippen MR) is 107 cm³/mol. The first-order valence-corrected chi connectivity index (χ1v) is 8.61. The van der Waals surface area contributed by atoms with Gasteiger partial charge in [-0.1, -0.05) is 42.5 Å². The topological polar surface area (TPSA) is 59.3 Å². The second-order valence-electron chi connectivity index (χ2n) is 6.36. The fraction of sp³-hybridized carbons (Fsp3) is 0.0435. The summed E-state index contributed by atoms with van der Waals surface area (Å²) in [5.41, 5.74) is 4.18. The van der Waals surface area contributed by atoms with Crippen LogP contribution in [0.25, 0.3) is 22.1 Å². The summed E-state index contributed by atoms with van der Waals surface area (Å²) in [5.74, 6) is -0.219. The SMILES string of the molecule is Cc1cc(=O)oc2cc(NC(=O)c3ccc(-c4ccccc4)cc3)ccc12. The highest BCUT2D eigenvalue weighted by Crippen LogP contribution is 2.22. The fourth-order valence-electron chi connectivity index (χ4n) is 3.05. The maximum atomic E-state index is 12.5. The summed E-state index contributed by atoms with van der Waals surface area (Å²) in [6.07, 6.45) is 0. The van der Waals surface area contributed by atoms with E-state index in [1.807, 2.05) is 55.5 Å². The Morgan fingerprint density at radius 3 is 2.30 bits per heavy atom. The van der Waals surface area contributed by atoms with E-state index < -0.39 is 5.63 Å². The number of carbonyl (C=O) groups is 1. The second-order valence-corrected chi connectivity index (χ2v) is 6.36. The van der Waals surface area contributed by atoms with E-state index in [4.69, 9.17) is 4.42 Å². The van der Waals surface area contributed by atoms with Crippen LogP contribution in [0.3, 0.4) is 0 Å². The lowest BCUT2D eigenvalue weighted by Gasteiger charge is -2.08. The van der Waals surface area contributed by atoms with Crippen LogP contribution in [0.2, 0.25) is 0 Å². The van der Waals surface area contributed by atoms with Crippen molar-refractivity contribution in [3.8, 4) is 11.1 Å². The molecule has 0 atom stereocenters. The standard InChI is InChI=1S/C23H17NO3/c1-15-13-22(25)27-21-14-19(11-12-20(15)21)24-23(26)18-9-7-17(8-10-18)16-5-3-2-4-6-16/h2-14H,1H3,(H,24,26). The molecule has 0 saturated heterocycles. The first kappa shape index (κ1) is 16.8. The Morgan fingerprint density at radius 2 is 1.56 bits per heavy atom. The van der Waals surface area contributed by atoms with Gasteiger partial charge in [-0.3, -0.25) is 4.79 Å². The fourth-order valence-corrected chi connectivity index (χ4v) is 3.05. The zero-order valence-electron chi connectivity index (χ0n) is 14.7. The number of rotatable bonds is 3. The lowest BCUT2D eigenvalue weighted by atomic mass is 10.0. The minimum Gasteiger partial charge on any atom is -0.423 e. The number of aryl methyl sites for hydroxylation is 1. The first-order chi connectivity index (χ1) is 13.1. The van der Waals surface area contributed by atoms with Gasteiger partial charge in [0.05, 0.1) is 0 Å². The van der Waals surface area contributed by atoms with Crippen molar-refractivity contribution >= 4 is 22.6 Å². The molecule has 1 aromatic heterocycles. The van der Waals surface area contributed by atoms with Gasteiger partial charge in [0.15, 0.2) is 0 Å². The summed E-state index contributed by atoms with van der Waals surface area (Å²) < 4.78 is 5.23. The number of benzene rings is 3. The van der Waals surface area contributed by atoms with Crippen LogP contribution < -0.4 is 10.9 Å². The van der Waals surface area contributed by atoms with E-state index in [9.17, 15) is 9.59 Å². The molecule has 1 amide bonds. The van der Waals surface area contributed by atoms with Gasteiger partial charge >= 0.3 is 5.63 Å². The number of anilines is 1. The molecule has 132 valence electrons. The molecule has 0 saturated carbocycles. The molecule has 1 N–H and O–H groups in total. The second kappa shape index (κ2) is 6.92. The van der Waals surface area contributed by atoms with Gasteiger partial charge in [-0.15, -0.1) is 0 Å². The zero-order valence-corrected chi connectivity index (χ0v) is 14.7. The van der Waals surface area contributed by atoms with Crippen molar-refractivity contribution in [1.82, 2.24) is 0 Å². The highest BCUT2D eigenvalue weighted by molar-refractivity contribution is 6.05. The summed E-state index contributed by atoms with van der Waals surface area (Å²) in [7, 11) is 0. The number of nitrogens with one attached hydrogen (secondary N) is 1. The quantitative estimate of drug-likeness (QED) is 0.525. The van der Waals surface area contributed by atoms with Crippen molar-refractivity contribution in [3.63, 3.8) is 0 Å². The van der Waals surface area contributed by atoms with Crippen LogP contribution in [-0.2, 0) is 0 Å². The van der Waals surface area contributed by atoms with Crippen LogP contribution >= 0.6 is 0 Å². The molecule has 1 heterocycles. The van der Waals surface area contributed by atoms with Crippen LogP contribution in [-0.4, -0.2) is 5.91 Å². The van der Waals surface area contributed by atoms with Crippen LogP contribution in [0.4, 0.5) is 5.69 Å². The molecule has 4 nitrogen and oxygen atoms in total. The smallest absolute Gasteiger partial charge is 0.336 e. The molecule has 4 heteroatoms. The molecule has 27 heavy (non-hydrogen) atoms. The van der Waals surface area contributed by atoms with E-state index in [-0.39, 0.29) is 5.91 Å². The maximum absolute atomic E-state index is 12.5. The third-order valence-electron chi connectivity index (χ3n) is 4.46. The lowest BCUT2D eigenvalue weighted by Crippen LogP contribution is -2.11. The molecule has 0 aliphatic heterocycles. The first-order valence-electron chi connectivity index (χ1n) is 8.61. The monoisotopic (exact) mass is 355 g/mol. The summed E-state index contributed by atoms with van der Waals surface area (Å²) in [6.45, 7) is 1.85. The zero-order chi connectivity index (χ0) is 18.8. The highest BCUT2D eigenvalue weighted by atomic mass is 16.4. The Bertz CT molecular complexity index is 1180. The normalized spacial score (nSPS) is 10.7. The molecule has 4 rings (SSSR count). The van der Waals surface area contributed by atoms with Gasteiger partial charge < -0.3 is 9.73 Å². The minimum atomic E-state index is -0.403. The third kappa shape index (κ3) is 3.51. The molecular formula is C23H17NO3. The predicted octanol–water partition coefficient (Wildman–Crippen LogP) is 5.02. The Hall–Kier alpha value is -3.66. The average Bonchev–Trinajstić information content (AvgIpc) is 2.68. The number of amides is 1. The minimum absolute atomic E-state index is 0.219. The number of fused-ring (bicyclic) bond motifs is 1. The molecule has 0 radical (unpaired) electrons. The van der Waals surface area contributed by atoms with E-state index in [0.717, 1.165) is 22.1 Å². The van der Waals surface area contributed by atoms with Crippen LogP contribution in [0.1, 0.15) is 15.9 Å². The van der Waals surface area contributed by atoms with E-state index >= 15 is 0 Å². The van der Waals surface area contributed by atoms with Gasteiger partial charge in [0.25, 0.3) is 5.91 Å². The molecule has 0 aliphatic rings. The van der Waals surface area contributed by atoms with Crippen molar-refractivity contribution in [1.29, 1.82) is 0 Å². The van der Waals surface area contributed by atoms with Gasteiger partial charge in [-0.05, 0) is 47.9 Å². The Labute approximate surface area is 156 Å². The average molecular weight is 355 g/mol. The van der Waals surface area contributed by atoms with Crippen molar-refractivity contribution in [2.24, 2.45) is 0 Å². The van der Waals surface area contributed by atoms with Crippen molar-refractivity contribution in [3.05, 3.63) is 100 Å². The van der Waals surface area contributed by atoms with Gasteiger partial charge in [0, 0.05) is 28.8 Å². The van der Waals surface area contributed by atoms with Crippen molar-refractivity contribution in [2.75, 3.05) is 5.32 Å². The third-order valence-corrected chi connectivity index (χ3v) is 4.46. The maximum Gasteiger partial charge on any atom is 0.336 e.